The molecule has 0 radical (unpaired) electrons. The van der Waals surface area contributed by atoms with Crippen LogP contribution in [-0.4, -0.2) is 28.4 Å². The van der Waals surface area contributed by atoms with E-state index in [0.29, 0.717) is 34.3 Å². The van der Waals surface area contributed by atoms with Crippen LogP contribution in [0.25, 0.3) is 10.8 Å². The average Bonchev–Trinajstić information content (AvgIpc) is 2.91. The number of phenols is 1. The first-order valence-electron chi connectivity index (χ1n) is 12.0. The van der Waals surface area contributed by atoms with Crippen LogP contribution in [0.3, 0.4) is 0 Å². The number of halogens is 1. The molecule has 3 N–H and O–H groups in total. The lowest BCUT2D eigenvalue weighted by Crippen LogP contribution is -2.31. The Labute approximate surface area is 228 Å². The first-order valence-corrected chi connectivity index (χ1v) is 12.7. The van der Waals surface area contributed by atoms with E-state index in [9.17, 15) is 14.7 Å². The summed E-state index contributed by atoms with van der Waals surface area (Å²) >= 11 is 3.42. The molecule has 1 amide bonds. The molecule has 0 bridgehead atoms. The van der Waals surface area contributed by atoms with Crippen LogP contribution in [0, 0.1) is 0 Å². The number of benzene rings is 4. The largest absolute Gasteiger partial charge is 0.508 e. The van der Waals surface area contributed by atoms with Crippen molar-refractivity contribution in [3.05, 3.63) is 113 Å². The lowest BCUT2D eigenvalue weighted by Gasteiger charge is -2.29. The molecule has 0 spiro atoms. The Morgan fingerprint density at radius 2 is 1.68 bits per heavy atom. The van der Waals surface area contributed by atoms with Crippen molar-refractivity contribution in [2.45, 2.75) is 25.0 Å². The first kappa shape index (κ1) is 26.8. The van der Waals surface area contributed by atoms with Crippen molar-refractivity contribution in [2.24, 2.45) is 0 Å². The van der Waals surface area contributed by atoms with Crippen molar-refractivity contribution in [2.75, 3.05) is 5.32 Å². The normalized spacial score (nSPS) is 12.7. The van der Waals surface area contributed by atoms with Gasteiger partial charge in [0.1, 0.15) is 17.6 Å². The number of hydrogen-bond acceptors (Lipinski definition) is 5. The third kappa shape index (κ3) is 7.14. The van der Waals surface area contributed by atoms with Gasteiger partial charge in [-0.15, -0.1) is 0 Å². The van der Waals surface area contributed by atoms with E-state index in [4.69, 9.17) is 14.6 Å². The van der Waals surface area contributed by atoms with Gasteiger partial charge in [0, 0.05) is 21.5 Å². The molecule has 8 heteroatoms. The van der Waals surface area contributed by atoms with Gasteiger partial charge in [-0.1, -0.05) is 76.6 Å². The van der Waals surface area contributed by atoms with Gasteiger partial charge in [-0.3, -0.25) is 5.32 Å². The van der Waals surface area contributed by atoms with Crippen LogP contribution in [-0.2, 0) is 9.53 Å². The minimum absolute atomic E-state index is 0.0705. The fourth-order valence-corrected chi connectivity index (χ4v) is 4.45. The Balaban J connectivity index is 1.66. The zero-order chi connectivity index (χ0) is 26.9. The molecular formula is C30H26BrNO6. The third-order valence-electron chi connectivity index (χ3n) is 5.80. The highest BCUT2D eigenvalue weighted by atomic mass is 79.9. The molecular weight excluding hydrogens is 550 g/mol. The average molecular weight is 576 g/mol. The van der Waals surface area contributed by atoms with Gasteiger partial charge in [-0.25, -0.2) is 9.59 Å². The number of amides is 1. The number of carbonyl (C=O) groups excluding carboxylic acids is 1. The van der Waals surface area contributed by atoms with Crippen LogP contribution >= 0.6 is 15.9 Å². The summed E-state index contributed by atoms with van der Waals surface area (Å²) in [5.74, 6) is -0.589. The van der Waals surface area contributed by atoms with E-state index in [-0.39, 0.29) is 5.75 Å². The Kier molecular flexibility index (Phi) is 9.00. The Morgan fingerprint density at radius 1 is 0.947 bits per heavy atom. The van der Waals surface area contributed by atoms with E-state index in [1.165, 1.54) is 12.1 Å². The van der Waals surface area contributed by atoms with E-state index < -0.39 is 24.3 Å². The highest BCUT2D eigenvalue weighted by molar-refractivity contribution is 9.10. The highest BCUT2D eigenvalue weighted by Crippen LogP contribution is 2.36. The molecule has 0 aliphatic carbocycles. The van der Waals surface area contributed by atoms with Crippen LogP contribution in [0.1, 0.15) is 24.5 Å². The summed E-state index contributed by atoms with van der Waals surface area (Å²) in [6, 6.07) is 27.1. The number of rotatable bonds is 10. The van der Waals surface area contributed by atoms with Gasteiger partial charge >= 0.3 is 12.1 Å². The highest BCUT2D eigenvalue weighted by Gasteiger charge is 2.31. The van der Waals surface area contributed by atoms with Gasteiger partial charge in [0.15, 0.2) is 6.10 Å². The fourth-order valence-electron chi connectivity index (χ4n) is 4.07. The molecule has 0 heterocycles. The zero-order valence-corrected chi connectivity index (χ0v) is 21.9. The minimum atomic E-state index is -1.06. The lowest BCUT2D eigenvalue weighted by atomic mass is 9.99. The van der Waals surface area contributed by atoms with Crippen LogP contribution in [0.15, 0.2) is 108 Å². The molecule has 0 saturated carbocycles. The lowest BCUT2D eigenvalue weighted by molar-refractivity contribution is -0.131. The van der Waals surface area contributed by atoms with Crippen molar-refractivity contribution < 1.29 is 29.3 Å². The Morgan fingerprint density at radius 3 is 2.47 bits per heavy atom. The summed E-state index contributed by atoms with van der Waals surface area (Å²) < 4.78 is 12.9. The second-order valence-corrected chi connectivity index (χ2v) is 9.38. The number of nitrogens with one attached hydrogen (secondary N) is 1. The van der Waals surface area contributed by atoms with Crippen molar-refractivity contribution in [3.8, 4) is 11.5 Å². The van der Waals surface area contributed by atoms with Crippen LogP contribution in [0.5, 0.6) is 11.5 Å². The predicted molar refractivity (Wildman–Crippen MR) is 149 cm³/mol. The number of fused-ring (bicyclic) bond motifs is 1. The number of ether oxygens (including phenoxy) is 2. The maximum atomic E-state index is 13.2. The molecule has 4 aromatic carbocycles. The van der Waals surface area contributed by atoms with Crippen LogP contribution < -0.4 is 10.1 Å². The van der Waals surface area contributed by atoms with Gasteiger partial charge < -0.3 is 19.7 Å². The number of carboxylic acid groups (broad SMARTS) is 1. The molecule has 0 unspecified atom stereocenters. The van der Waals surface area contributed by atoms with Crippen molar-refractivity contribution in [1.82, 2.24) is 0 Å². The Bertz CT molecular complexity index is 1430. The number of para-hydroxylation sites is 1. The summed E-state index contributed by atoms with van der Waals surface area (Å²) in [7, 11) is 0. The molecule has 7 nitrogen and oxygen atoms in total. The molecule has 0 aliphatic rings. The van der Waals surface area contributed by atoms with E-state index in [2.05, 4.69) is 21.2 Å². The van der Waals surface area contributed by atoms with E-state index >= 15 is 0 Å². The van der Waals surface area contributed by atoms with Gasteiger partial charge in [0.25, 0.3) is 0 Å². The molecule has 0 aromatic heterocycles. The summed E-state index contributed by atoms with van der Waals surface area (Å²) in [6.07, 6.45) is 0.695. The molecule has 0 aliphatic heterocycles. The van der Waals surface area contributed by atoms with Crippen molar-refractivity contribution in [1.29, 1.82) is 0 Å². The second-order valence-electron chi connectivity index (χ2n) is 8.47. The number of carboxylic acids is 1. The summed E-state index contributed by atoms with van der Waals surface area (Å²) in [5.41, 5.74) is 0.922. The zero-order valence-electron chi connectivity index (χ0n) is 20.3. The molecule has 0 fully saturated rings. The van der Waals surface area contributed by atoms with E-state index in [1.807, 2.05) is 54.6 Å². The maximum Gasteiger partial charge on any atom is 0.412 e. The molecule has 0 saturated heterocycles. The maximum absolute atomic E-state index is 13.2. The topological polar surface area (TPSA) is 105 Å². The monoisotopic (exact) mass is 575 g/mol. The van der Waals surface area contributed by atoms with Gasteiger partial charge in [0.2, 0.25) is 0 Å². The number of phenolic OH excluding ortho intramolecular Hbond substituents is 1. The third-order valence-corrected chi connectivity index (χ3v) is 6.30. The number of anilines is 1. The number of aromatic hydroxyl groups is 1. The van der Waals surface area contributed by atoms with Gasteiger partial charge in [-0.05, 0) is 54.6 Å². The molecule has 38 heavy (non-hydrogen) atoms. The number of hydrogen-bond donors (Lipinski definition) is 3. The van der Waals surface area contributed by atoms with Crippen LogP contribution in [0.4, 0.5) is 10.5 Å². The fraction of sp³-hybridized carbons (Fsp3) is 0.133. The molecule has 2 atom stereocenters. The number of allylic oxidation sites excluding steroid dienone is 1. The molecule has 4 rings (SSSR count). The van der Waals surface area contributed by atoms with Crippen LogP contribution in [0.2, 0.25) is 0 Å². The Hall–Kier alpha value is -4.30. The summed E-state index contributed by atoms with van der Waals surface area (Å²) in [5, 5.41) is 24.3. The quantitative estimate of drug-likeness (QED) is 0.169. The summed E-state index contributed by atoms with van der Waals surface area (Å²) in [4.78, 5) is 24.2. The predicted octanol–water partition coefficient (Wildman–Crippen LogP) is 7.47. The van der Waals surface area contributed by atoms with E-state index in [0.717, 1.165) is 16.8 Å². The SMILES string of the molecule is O=C(O)/C=C/CC[C@@H](Oc1ccccc1)[C@H](OC(=O)Nc1cccc2ccccc12)c1cc(Br)ccc1O. The van der Waals surface area contributed by atoms with E-state index in [1.54, 1.807) is 30.3 Å². The van der Waals surface area contributed by atoms with Gasteiger partial charge in [0.05, 0.1) is 5.69 Å². The van der Waals surface area contributed by atoms with Crippen molar-refractivity contribution >= 4 is 44.5 Å². The molecule has 194 valence electrons. The van der Waals surface area contributed by atoms with Crippen molar-refractivity contribution in [3.63, 3.8) is 0 Å². The molecule has 4 aromatic rings. The minimum Gasteiger partial charge on any atom is -0.508 e. The van der Waals surface area contributed by atoms with Gasteiger partial charge in [-0.2, -0.15) is 0 Å². The first-order chi connectivity index (χ1) is 18.4. The number of carbonyl (C=O) groups is 2. The smallest absolute Gasteiger partial charge is 0.412 e. The summed E-state index contributed by atoms with van der Waals surface area (Å²) in [6.45, 7) is 0. The standard InChI is InChI=1S/C30H26BrNO6/c31-21-17-18-26(33)24(19-21)29(27(15-6-7-16-28(34)35)37-22-11-2-1-3-12-22)38-30(36)32-25-14-8-10-20-9-4-5-13-23(20)25/h1-5,7-14,16-19,27,29,33H,6,15H2,(H,32,36)(H,34,35)/b16-7+/t27-,29-/m1/s1. The second kappa shape index (κ2) is 12.8. The number of aliphatic carboxylic acids is 1.